The molecule has 0 atom stereocenters. The molecule has 114 valence electrons. The van der Waals surface area contributed by atoms with Crippen molar-refractivity contribution in [1.82, 2.24) is 0 Å². The molecule has 0 unspecified atom stereocenters. The molecule has 0 aliphatic rings. The van der Waals surface area contributed by atoms with Gasteiger partial charge in [0.05, 0.1) is 25.3 Å². The normalized spacial score (nSPS) is 12.4. The molecule has 0 aliphatic heterocycles. The monoisotopic (exact) mass is 360 g/mol. The summed E-state index contributed by atoms with van der Waals surface area (Å²) in [5.74, 6) is 1.43. The van der Waals surface area contributed by atoms with Crippen LogP contribution in [0.25, 0.3) is 0 Å². The van der Waals surface area contributed by atoms with Crippen LogP contribution in [-0.4, -0.2) is 22.5 Å². The highest BCUT2D eigenvalue weighted by atomic mass is 79.9. The molecule has 0 radical (unpaired) electrons. The Morgan fingerprint density at radius 3 is 2.15 bits per heavy atom. The van der Waals surface area contributed by atoms with E-state index in [4.69, 9.17) is 13.9 Å². The Morgan fingerprint density at radius 1 is 1.10 bits per heavy atom. The fourth-order valence-electron chi connectivity index (χ4n) is 1.53. The van der Waals surface area contributed by atoms with Crippen LogP contribution in [0.4, 0.5) is 0 Å². The Morgan fingerprint density at radius 2 is 1.70 bits per heavy atom. The molecule has 0 aliphatic carbocycles. The molecule has 1 aromatic carbocycles. The second-order valence-corrected chi connectivity index (χ2v) is 12.0. The molecule has 0 spiro atoms. The molecule has 0 fully saturated rings. The van der Waals surface area contributed by atoms with Crippen LogP contribution >= 0.6 is 15.9 Å². The van der Waals surface area contributed by atoms with Gasteiger partial charge in [-0.05, 0) is 51.8 Å². The number of ether oxygens (including phenoxy) is 2. The van der Waals surface area contributed by atoms with Crippen molar-refractivity contribution in [3.8, 4) is 11.5 Å². The quantitative estimate of drug-likeness (QED) is 0.692. The van der Waals surface area contributed by atoms with Crippen LogP contribution < -0.4 is 9.47 Å². The largest absolute Gasteiger partial charge is 0.493 e. The molecule has 0 heterocycles. The molecule has 0 aromatic heterocycles. The number of benzene rings is 1. The van der Waals surface area contributed by atoms with E-state index in [1.165, 1.54) is 0 Å². The molecule has 1 rings (SSSR count). The number of rotatable bonds is 5. The summed E-state index contributed by atoms with van der Waals surface area (Å²) in [5.41, 5.74) is 1.08. The van der Waals surface area contributed by atoms with E-state index in [9.17, 15) is 0 Å². The first-order valence-electron chi connectivity index (χ1n) is 6.66. The fourth-order valence-corrected chi connectivity index (χ4v) is 3.15. The minimum Gasteiger partial charge on any atom is -0.493 e. The Bertz CT molecular complexity index is 467. The number of methoxy groups -OCH3 is 2. The lowest BCUT2D eigenvalue weighted by molar-refractivity contribution is 0.275. The summed E-state index contributed by atoms with van der Waals surface area (Å²) in [4.78, 5) is 0. The maximum atomic E-state index is 6.23. The van der Waals surface area contributed by atoms with E-state index in [2.05, 4.69) is 49.8 Å². The maximum Gasteiger partial charge on any atom is 0.192 e. The highest BCUT2D eigenvalue weighted by Crippen LogP contribution is 2.39. The molecule has 0 N–H and O–H groups in total. The predicted octanol–water partition coefficient (Wildman–Crippen LogP) is 4.99. The van der Waals surface area contributed by atoms with Gasteiger partial charge >= 0.3 is 0 Å². The molecule has 20 heavy (non-hydrogen) atoms. The Balaban J connectivity index is 2.92. The van der Waals surface area contributed by atoms with Crippen molar-refractivity contribution in [2.24, 2.45) is 0 Å². The van der Waals surface area contributed by atoms with Crippen LogP contribution in [0.3, 0.4) is 0 Å². The summed E-state index contributed by atoms with van der Waals surface area (Å²) in [6.07, 6.45) is 0. The van der Waals surface area contributed by atoms with Crippen molar-refractivity contribution >= 4 is 24.2 Å². The van der Waals surface area contributed by atoms with Gasteiger partial charge in [-0.15, -0.1) is 0 Å². The van der Waals surface area contributed by atoms with Crippen molar-refractivity contribution in [3.63, 3.8) is 0 Å². The summed E-state index contributed by atoms with van der Waals surface area (Å²) in [6.45, 7) is 11.8. The minimum atomic E-state index is -1.74. The first kappa shape index (κ1) is 17.5. The smallest absolute Gasteiger partial charge is 0.192 e. The average molecular weight is 361 g/mol. The van der Waals surface area contributed by atoms with E-state index in [1.807, 2.05) is 12.1 Å². The number of hydrogen-bond donors (Lipinski definition) is 0. The van der Waals surface area contributed by atoms with E-state index in [-0.39, 0.29) is 5.04 Å². The fraction of sp³-hybridized carbons (Fsp3) is 0.600. The summed E-state index contributed by atoms with van der Waals surface area (Å²) in [5, 5.41) is 0.209. The topological polar surface area (TPSA) is 27.7 Å². The number of halogens is 1. The van der Waals surface area contributed by atoms with Crippen molar-refractivity contribution in [2.45, 2.75) is 45.5 Å². The molecule has 1 aromatic rings. The zero-order valence-corrected chi connectivity index (χ0v) is 16.1. The van der Waals surface area contributed by atoms with Crippen molar-refractivity contribution in [1.29, 1.82) is 0 Å². The third-order valence-electron chi connectivity index (χ3n) is 3.90. The third kappa shape index (κ3) is 3.99. The summed E-state index contributed by atoms with van der Waals surface area (Å²) < 4.78 is 17.8. The van der Waals surface area contributed by atoms with E-state index in [0.717, 1.165) is 15.8 Å². The second-order valence-electron chi connectivity index (χ2n) is 6.36. The van der Waals surface area contributed by atoms with Gasteiger partial charge in [0.2, 0.25) is 0 Å². The van der Waals surface area contributed by atoms with E-state index in [1.54, 1.807) is 14.2 Å². The summed E-state index contributed by atoms with van der Waals surface area (Å²) in [7, 11) is 1.53. The van der Waals surface area contributed by atoms with E-state index in [0.29, 0.717) is 12.4 Å². The van der Waals surface area contributed by atoms with Gasteiger partial charge in [0.25, 0.3) is 0 Å². The first-order chi connectivity index (χ1) is 9.12. The van der Waals surface area contributed by atoms with Crippen LogP contribution in [0, 0.1) is 0 Å². The molecular weight excluding hydrogens is 336 g/mol. The lowest BCUT2D eigenvalue weighted by atomic mass is 10.2. The molecule has 0 bridgehead atoms. The molecule has 3 nitrogen and oxygen atoms in total. The van der Waals surface area contributed by atoms with Crippen LogP contribution in [0.5, 0.6) is 11.5 Å². The van der Waals surface area contributed by atoms with Gasteiger partial charge in [0.15, 0.2) is 19.8 Å². The zero-order valence-electron chi connectivity index (χ0n) is 13.5. The molecular formula is C15H25BrO3Si. The zero-order chi connectivity index (χ0) is 15.6. The van der Waals surface area contributed by atoms with Gasteiger partial charge in [-0.25, -0.2) is 0 Å². The molecule has 5 heteroatoms. The van der Waals surface area contributed by atoms with Gasteiger partial charge in [-0.2, -0.15) is 0 Å². The highest BCUT2D eigenvalue weighted by molar-refractivity contribution is 9.10. The van der Waals surface area contributed by atoms with Gasteiger partial charge in [-0.3, -0.25) is 0 Å². The van der Waals surface area contributed by atoms with E-state index >= 15 is 0 Å². The van der Waals surface area contributed by atoms with Crippen LogP contribution in [0.1, 0.15) is 26.3 Å². The second kappa shape index (κ2) is 6.50. The predicted molar refractivity (Wildman–Crippen MR) is 89.2 cm³/mol. The van der Waals surface area contributed by atoms with Gasteiger partial charge in [-0.1, -0.05) is 20.8 Å². The molecule has 0 saturated heterocycles. The third-order valence-corrected chi connectivity index (χ3v) is 8.97. The molecule has 0 saturated carbocycles. The first-order valence-corrected chi connectivity index (χ1v) is 10.4. The lowest BCUT2D eigenvalue weighted by Gasteiger charge is -2.36. The van der Waals surface area contributed by atoms with Crippen molar-refractivity contribution in [3.05, 3.63) is 22.2 Å². The summed E-state index contributed by atoms with van der Waals surface area (Å²) >= 11 is 3.51. The standard InChI is InChI=1S/C15H25BrO3Si/c1-15(2,3)20(6,7)19-10-11-8-12(16)14(18-5)13(9-11)17-4/h8-9H,10H2,1-7H3. The molecule has 0 amide bonds. The van der Waals surface area contributed by atoms with Crippen molar-refractivity contribution in [2.75, 3.05) is 14.2 Å². The van der Waals surface area contributed by atoms with Crippen LogP contribution in [0.2, 0.25) is 18.1 Å². The summed E-state index contributed by atoms with van der Waals surface area (Å²) in [6, 6.07) is 3.99. The van der Waals surface area contributed by atoms with Gasteiger partial charge in [0.1, 0.15) is 0 Å². The Hall–Kier alpha value is -0.523. The SMILES string of the molecule is COc1cc(CO[Si](C)(C)C(C)(C)C)cc(Br)c1OC. The number of hydrogen-bond acceptors (Lipinski definition) is 3. The van der Waals surface area contributed by atoms with Gasteiger partial charge in [0, 0.05) is 0 Å². The minimum absolute atomic E-state index is 0.209. The van der Waals surface area contributed by atoms with E-state index < -0.39 is 8.32 Å². The average Bonchev–Trinajstić information content (AvgIpc) is 2.34. The Kier molecular flexibility index (Phi) is 5.69. The van der Waals surface area contributed by atoms with Crippen LogP contribution in [0.15, 0.2) is 16.6 Å². The van der Waals surface area contributed by atoms with Gasteiger partial charge < -0.3 is 13.9 Å². The van der Waals surface area contributed by atoms with Crippen molar-refractivity contribution < 1.29 is 13.9 Å². The van der Waals surface area contributed by atoms with Crippen LogP contribution in [-0.2, 0) is 11.0 Å². The highest BCUT2D eigenvalue weighted by Gasteiger charge is 2.37. The Labute approximate surface area is 131 Å². The lowest BCUT2D eigenvalue weighted by Crippen LogP contribution is -2.40. The maximum absolute atomic E-state index is 6.23.